The molecule has 36 heavy (non-hydrogen) atoms. The van der Waals surface area contributed by atoms with E-state index in [1.54, 1.807) is 34.7 Å². The quantitative estimate of drug-likeness (QED) is 0.296. The lowest BCUT2D eigenvalue weighted by atomic mass is 9.97. The number of piperidine rings is 1. The monoisotopic (exact) mass is 533 g/mol. The normalized spacial score (nSPS) is 15.6. The zero-order chi connectivity index (χ0) is 25.1. The molecule has 4 aromatic rings. The Kier molecular flexibility index (Phi) is 7.39. The Labute approximate surface area is 214 Å². The van der Waals surface area contributed by atoms with Gasteiger partial charge in [0, 0.05) is 29.3 Å². The summed E-state index contributed by atoms with van der Waals surface area (Å²) in [5.41, 5.74) is 1.57. The van der Waals surface area contributed by atoms with Crippen molar-refractivity contribution in [3.05, 3.63) is 70.4 Å². The second-order valence-electron chi connectivity index (χ2n) is 8.52. The van der Waals surface area contributed by atoms with Crippen LogP contribution in [-0.4, -0.2) is 53.0 Å². The second-order valence-corrected chi connectivity index (χ2v) is 10.4. The molecule has 13 heteroatoms. The first-order valence-corrected chi connectivity index (χ1v) is 13.3. The van der Waals surface area contributed by atoms with Gasteiger partial charge in [0.25, 0.3) is 0 Å². The number of aryl methyl sites for hydroxylation is 1. The minimum Gasteiger partial charge on any atom is -0.297 e. The van der Waals surface area contributed by atoms with Crippen LogP contribution in [0.15, 0.2) is 46.9 Å². The molecule has 0 saturated carbocycles. The Morgan fingerprint density at radius 1 is 1.17 bits per heavy atom. The number of thioether (sulfide) groups is 1. The lowest BCUT2D eigenvalue weighted by molar-refractivity contribution is -0.141. The first-order valence-electron chi connectivity index (χ1n) is 11.5. The fourth-order valence-electron chi connectivity index (χ4n) is 4.07. The van der Waals surface area contributed by atoms with E-state index in [0.29, 0.717) is 23.9 Å². The summed E-state index contributed by atoms with van der Waals surface area (Å²) in [6, 6.07) is 10.9. The van der Waals surface area contributed by atoms with E-state index in [0.717, 1.165) is 53.5 Å². The highest BCUT2D eigenvalue weighted by Gasteiger charge is 2.34. The van der Waals surface area contributed by atoms with Crippen molar-refractivity contribution in [1.29, 1.82) is 0 Å². The van der Waals surface area contributed by atoms with Gasteiger partial charge >= 0.3 is 6.18 Å². The first kappa shape index (κ1) is 24.9. The fourth-order valence-corrected chi connectivity index (χ4v) is 5.95. The molecule has 4 heterocycles. The molecule has 0 amide bonds. The van der Waals surface area contributed by atoms with Crippen LogP contribution in [0.2, 0.25) is 0 Å². The molecule has 0 spiro atoms. The topological polar surface area (TPSA) is 77.6 Å². The van der Waals surface area contributed by atoms with E-state index in [4.69, 9.17) is 4.98 Å². The molecule has 1 radical (unpaired) electrons. The van der Waals surface area contributed by atoms with Gasteiger partial charge in [-0.25, -0.2) is 4.98 Å². The molecule has 0 atom stereocenters. The van der Waals surface area contributed by atoms with Crippen LogP contribution in [0.5, 0.6) is 0 Å². The third kappa shape index (κ3) is 5.79. The Balaban J connectivity index is 1.10. The van der Waals surface area contributed by atoms with Gasteiger partial charge in [-0.1, -0.05) is 30.0 Å². The third-order valence-electron chi connectivity index (χ3n) is 6.02. The van der Waals surface area contributed by atoms with E-state index in [-0.39, 0.29) is 0 Å². The Morgan fingerprint density at radius 2 is 1.94 bits per heavy atom. The van der Waals surface area contributed by atoms with Crippen LogP contribution in [0.25, 0.3) is 5.69 Å². The van der Waals surface area contributed by atoms with Gasteiger partial charge in [-0.3, -0.25) is 9.58 Å². The zero-order valence-corrected chi connectivity index (χ0v) is 21.1. The molecular weight excluding hydrogens is 509 g/mol. The number of para-hydroxylation sites is 1. The van der Waals surface area contributed by atoms with Crippen molar-refractivity contribution in [2.24, 2.45) is 0 Å². The van der Waals surface area contributed by atoms with Gasteiger partial charge in [-0.05, 0) is 61.5 Å². The molecular formula is C23H24F3N8S2. The molecule has 1 aliphatic heterocycles. The van der Waals surface area contributed by atoms with Crippen molar-refractivity contribution in [3.63, 3.8) is 0 Å². The average molecular weight is 534 g/mol. The summed E-state index contributed by atoms with van der Waals surface area (Å²) in [4.78, 5) is 7.03. The summed E-state index contributed by atoms with van der Waals surface area (Å²) in [5.74, 6) is 1.07. The third-order valence-corrected chi connectivity index (χ3v) is 8.03. The van der Waals surface area contributed by atoms with E-state index in [9.17, 15) is 13.2 Å². The smallest absolute Gasteiger partial charge is 0.297 e. The standard InChI is InChI=1S/C23H24F3N8S2/c1-16-13-20(23(24,25)26)29-33(16)12-11-32-9-7-17(8-10-32)21-27-18(14-35-21)15-36-22-28-30-31-34(22)19-5-3-2-4-6-19/h2-6,11,13-14,17H,7-10,12,15H2,1H3. The SMILES string of the molecule is Cc1cc(C(F)(F)F)nn1C[CH]N1CCC(c2nc(CSc3nnnn3-c3ccccc3)cs2)CC1. The van der Waals surface area contributed by atoms with Gasteiger partial charge in [0.15, 0.2) is 5.69 Å². The highest BCUT2D eigenvalue weighted by molar-refractivity contribution is 7.98. The van der Waals surface area contributed by atoms with Crippen LogP contribution in [0.1, 0.15) is 40.8 Å². The van der Waals surface area contributed by atoms with Crippen LogP contribution in [-0.2, 0) is 18.5 Å². The summed E-state index contributed by atoms with van der Waals surface area (Å²) in [5, 5.41) is 19.7. The maximum atomic E-state index is 12.9. The lowest BCUT2D eigenvalue weighted by Crippen LogP contribution is -2.32. The second kappa shape index (κ2) is 10.7. The number of thiazole rings is 1. The number of hydrogen-bond donors (Lipinski definition) is 0. The molecule has 1 aromatic carbocycles. The predicted octanol–water partition coefficient (Wildman–Crippen LogP) is 4.98. The number of tetrazole rings is 1. The van der Waals surface area contributed by atoms with Crippen molar-refractivity contribution in [2.75, 3.05) is 13.1 Å². The summed E-state index contributed by atoms with van der Waals surface area (Å²) in [6.45, 7) is 5.59. The molecule has 0 N–H and O–H groups in total. The van der Waals surface area contributed by atoms with E-state index in [1.807, 2.05) is 36.9 Å². The lowest BCUT2D eigenvalue weighted by Gasteiger charge is -2.30. The van der Waals surface area contributed by atoms with Gasteiger partial charge in [-0.2, -0.15) is 23.0 Å². The number of aromatic nitrogens is 7. The molecule has 189 valence electrons. The van der Waals surface area contributed by atoms with Crippen molar-refractivity contribution < 1.29 is 13.2 Å². The molecule has 3 aromatic heterocycles. The summed E-state index contributed by atoms with van der Waals surface area (Å²) in [6.07, 6.45) is -2.51. The summed E-state index contributed by atoms with van der Waals surface area (Å²) >= 11 is 3.23. The minimum atomic E-state index is -4.42. The van der Waals surface area contributed by atoms with Gasteiger partial charge in [-0.15, -0.1) is 16.4 Å². The van der Waals surface area contributed by atoms with E-state index >= 15 is 0 Å². The van der Waals surface area contributed by atoms with Crippen molar-refractivity contribution in [1.82, 2.24) is 39.9 Å². The summed E-state index contributed by atoms with van der Waals surface area (Å²) < 4.78 is 41.8. The maximum Gasteiger partial charge on any atom is 0.435 e. The Bertz CT molecular complexity index is 1280. The van der Waals surface area contributed by atoms with Gasteiger partial charge in [0.2, 0.25) is 5.16 Å². The van der Waals surface area contributed by atoms with Crippen LogP contribution in [0.3, 0.4) is 0 Å². The first-order chi connectivity index (χ1) is 17.4. The number of hydrogen-bond acceptors (Lipinski definition) is 8. The number of likely N-dealkylation sites (tertiary alicyclic amines) is 1. The zero-order valence-electron chi connectivity index (χ0n) is 19.5. The largest absolute Gasteiger partial charge is 0.435 e. The highest BCUT2D eigenvalue weighted by atomic mass is 32.2. The molecule has 0 unspecified atom stereocenters. The number of alkyl halides is 3. The molecule has 0 aliphatic carbocycles. The van der Waals surface area contributed by atoms with Crippen molar-refractivity contribution in [3.8, 4) is 5.69 Å². The van der Waals surface area contributed by atoms with Crippen molar-refractivity contribution >= 4 is 23.1 Å². The number of benzene rings is 1. The van der Waals surface area contributed by atoms with Gasteiger partial charge in [0.05, 0.1) is 22.9 Å². The van der Waals surface area contributed by atoms with E-state index in [2.05, 4.69) is 30.9 Å². The minimum absolute atomic E-state index is 0.327. The van der Waals surface area contributed by atoms with E-state index < -0.39 is 11.9 Å². The maximum absolute atomic E-state index is 12.9. The number of nitrogens with zero attached hydrogens (tertiary/aromatic N) is 8. The molecule has 1 fully saturated rings. The van der Waals surface area contributed by atoms with Crippen LogP contribution >= 0.6 is 23.1 Å². The molecule has 5 rings (SSSR count). The van der Waals surface area contributed by atoms with Crippen molar-refractivity contribution in [2.45, 2.75) is 49.3 Å². The van der Waals surface area contributed by atoms with E-state index in [1.165, 1.54) is 4.68 Å². The number of halogens is 3. The molecule has 1 aliphatic rings. The molecule has 1 saturated heterocycles. The Morgan fingerprint density at radius 3 is 2.67 bits per heavy atom. The van der Waals surface area contributed by atoms with Gasteiger partial charge in [0.1, 0.15) is 0 Å². The average Bonchev–Trinajstić information content (AvgIpc) is 3.62. The number of rotatable bonds is 8. The highest BCUT2D eigenvalue weighted by Crippen LogP contribution is 2.33. The molecule has 8 nitrogen and oxygen atoms in total. The predicted molar refractivity (Wildman–Crippen MR) is 131 cm³/mol. The fraction of sp³-hybridized carbons (Fsp3) is 0.391. The van der Waals surface area contributed by atoms with Crippen LogP contribution in [0.4, 0.5) is 13.2 Å². The Hall–Kier alpha value is -2.77. The van der Waals surface area contributed by atoms with Gasteiger partial charge < -0.3 is 0 Å². The molecule has 0 bridgehead atoms. The van der Waals surface area contributed by atoms with Crippen LogP contribution in [0, 0.1) is 13.5 Å². The summed E-state index contributed by atoms with van der Waals surface area (Å²) in [7, 11) is 0. The van der Waals surface area contributed by atoms with Crippen LogP contribution < -0.4 is 0 Å².